The van der Waals surface area contributed by atoms with E-state index >= 15 is 0 Å². The summed E-state index contributed by atoms with van der Waals surface area (Å²) >= 11 is 0. The van der Waals surface area contributed by atoms with E-state index in [4.69, 9.17) is 0 Å². The summed E-state index contributed by atoms with van der Waals surface area (Å²) in [5.74, 6) is -1.83. The fourth-order valence-corrected chi connectivity index (χ4v) is 5.05. The Morgan fingerprint density at radius 1 is 0.725 bits per heavy atom. The first-order valence-electron chi connectivity index (χ1n) is 15.5. The zero-order valence-corrected chi connectivity index (χ0v) is 26.6. The average molecular weight is 588 g/mol. The minimum atomic E-state index is -0.771. The first-order valence-corrected chi connectivity index (χ1v) is 15.5. The van der Waals surface area contributed by atoms with Crippen molar-refractivity contribution >= 4 is 23.6 Å². The Labute approximate surface area is 249 Å². The van der Waals surface area contributed by atoms with Crippen LogP contribution in [0.3, 0.4) is 0 Å². The molecule has 0 saturated carbocycles. The lowest BCUT2D eigenvalue weighted by atomic mass is 9.87. The van der Waals surface area contributed by atoms with Gasteiger partial charge < -0.3 is 39.4 Å². The Bertz CT molecular complexity index is 759. The molecule has 40 heavy (non-hydrogen) atoms. The zero-order valence-electron chi connectivity index (χ0n) is 25.8. The summed E-state index contributed by atoms with van der Waals surface area (Å²) in [6, 6.07) is -1.91. The SMILES string of the molecule is CCCCCCCCCCC[C@H]1NC(=O)[C@H](CC(C)(C)C)NC(=O)[C@H](CCCC[NH3+])NC(=O)CNC(=O)[C@@H]1C.[Cl-]. The molecule has 0 bridgehead atoms. The fourth-order valence-electron chi connectivity index (χ4n) is 5.05. The van der Waals surface area contributed by atoms with Gasteiger partial charge in [-0.2, -0.15) is 0 Å². The van der Waals surface area contributed by atoms with Gasteiger partial charge in [-0.15, -0.1) is 0 Å². The Balaban J connectivity index is 0.0000152. The summed E-state index contributed by atoms with van der Waals surface area (Å²) in [5.41, 5.74) is 3.63. The van der Waals surface area contributed by atoms with E-state index in [0.717, 1.165) is 38.6 Å². The third-order valence-electron chi connectivity index (χ3n) is 7.48. The number of carbonyl (C=O) groups excluding carboxylic acids is 4. The zero-order chi connectivity index (χ0) is 29.3. The topological polar surface area (TPSA) is 144 Å². The third kappa shape index (κ3) is 16.4. The van der Waals surface area contributed by atoms with Crippen molar-refractivity contribution in [3.05, 3.63) is 0 Å². The second kappa shape index (κ2) is 20.9. The molecule has 0 aromatic carbocycles. The van der Waals surface area contributed by atoms with Crippen LogP contribution in [0, 0.1) is 11.3 Å². The predicted molar refractivity (Wildman–Crippen MR) is 155 cm³/mol. The van der Waals surface area contributed by atoms with Crippen molar-refractivity contribution in [1.82, 2.24) is 21.3 Å². The van der Waals surface area contributed by atoms with Gasteiger partial charge in [-0.1, -0.05) is 92.4 Å². The van der Waals surface area contributed by atoms with E-state index in [0.29, 0.717) is 19.3 Å². The van der Waals surface area contributed by atoms with E-state index in [2.05, 4.69) is 33.9 Å². The summed E-state index contributed by atoms with van der Waals surface area (Å²) in [6.45, 7) is 10.6. The lowest BCUT2D eigenvalue weighted by molar-refractivity contribution is -0.368. The van der Waals surface area contributed by atoms with Crippen molar-refractivity contribution in [2.24, 2.45) is 11.3 Å². The standard InChI is InChI=1S/C30H57N5O4.ClH/c1-6-7-8-9-10-11-12-13-14-17-23-22(2)27(37)32-21-26(36)33-24(18-15-16-19-31)28(38)35-25(29(39)34-23)20-30(3,4)5;/h22-25H,6-21,31H2,1-5H3,(H,32,37)(H,33,36)(H,34,39)(H,35,38);1H/t22-,23-,24+,25+;/m1./s1. The van der Waals surface area contributed by atoms with Crippen LogP contribution in [-0.2, 0) is 19.2 Å². The number of rotatable bonds is 15. The number of unbranched alkanes of at least 4 members (excludes halogenated alkanes) is 9. The molecule has 1 saturated heterocycles. The molecule has 1 rings (SSSR count). The highest BCUT2D eigenvalue weighted by Gasteiger charge is 2.33. The lowest BCUT2D eigenvalue weighted by Crippen LogP contribution is -3.00. The summed E-state index contributed by atoms with van der Waals surface area (Å²) in [6.07, 6.45) is 13.8. The van der Waals surface area contributed by atoms with Crippen LogP contribution in [0.1, 0.15) is 125 Å². The predicted octanol–water partition coefficient (Wildman–Crippen LogP) is -0.0200. The Morgan fingerprint density at radius 2 is 1.27 bits per heavy atom. The third-order valence-corrected chi connectivity index (χ3v) is 7.48. The molecule has 10 heteroatoms. The van der Waals surface area contributed by atoms with Crippen LogP contribution in [0.25, 0.3) is 0 Å². The van der Waals surface area contributed by atoms with Crippen LogP contribution in [0.2, 0.25) is 0 Å². The van der Waals surface area contributed by atoms with Crippen molar-refractivity contribution in [2.45, 2.75) is 143 Å². The fraction of sp³-hybridized carbons (Fsp3) is 0.867. The van der Waals surface area contributed by atoms with E-state index in [1.54, 1.807) is 6.92 Å². The molecule has 1 heterocycles. The monoisotopic (exact) mass is 587 g/mol. The van der Waals surface area contributed by atoms with Gasteiger partial charge >= 0.3 is 0 Å². The summed E-state index contributed by atoms with van der Waals surface area (Å²) in [7, 11) is 0. The lowest BCUT2D eigenvalue weighted by Gasteiger charge is -2.30. The molecular weight excluding hydrogens is 530 g/mol. The molecule has 4 atom stereocenters. The molecule has 0 unspecified atom stereocenters. The van der Waals surface area contributed by atoms with Crippen molar-refractivity contribution in [1.29, 1.82) is 0 Å². The molecule has 1 aliphatic rings. The van der Waals surface area contributed by atoms with E-state index in [-0.39, 0.29) is 48.1 Å². The first kappa shape index (κ1) is 38.1. The van der Waals surface area contributed by atoms with Crippen molar-refractivity contribution in [2.75, 3.05) is 13.1 Å². The Morgan fingerprint density at radius 3 is 1.85 bits per heavy atom. The minimum Gasteiger partial charge on any atom is -1.00 e. The van der Waals surface area contributed by atoms with Crippen LogP contribution in [0.4, 0.5) is 0 Å². The molecule has 1 fully saturated rings. The minimum absolute atomic E-state index is 0. The molecule has 0 radical (unpaired) electrons. The van der Waals surface area contributed by atoms with E-state index in [1.165, 1.54) is 38.5 Å². The Hall–Kier alpha value is -1.87. The summed E-state index contributed by atoms with van der Waals surface area (Å²) in [5, 5.41) is 11.5. The number of halogens is 1. The van der Waals surface area contributed by atoms with Crippen LogP contribution < -0.4 is 39.4 Å². The van der Waals surface area contributed by atoms with Gasteiger partial charge in [0.15, 0.2) is 0 Å². The quantitative estimate of drug-likeness (QED) is 0.172. The second-order valence-electron chi connectivity index (χ2n) is 12.5. The molecule has 234 valence electrons. The van der Waals surface area contributed by atoms with Crippen LogP contribution in [0.15, 0.2) is 0 Å². The maximum atomic E-state index is 13.5. The normalized spacial score (nSPS) is 22.9. The largest absolute Gasteiger partial charge is 1.00 e. The van der Waals surface area contributed by atoms with Gasteiger partial charge in [0.1, 0.15) is 12.1 Å². The van der Waals surface area contributed by atoms with Gasteiger partial charge in [-0.3, -0.25) is 19.2 Å². The first-order chi connectivity index (χ1) is 18.5. The van der Waals surface area contributed by atoms with Crippen molar-refractivity contribution in [3.63, 3.8) is 0 Å². The maximum absolute atomic E-state index is 13.5. The molecule has 0 spiro atoms. The highest BCUT2D eigenvalue weighted by Crippen LogP contribution is 2.22. The van der Waals surface area contributed by atoms with Gasteiger partial charge in [-0.25, -0.2) is 0 Å². The van der Waals surface area contributed by atoms with E-state index in [1.807, 2.05) is 20.8 Å². The van der Waals surface area contributed by atoms with Gasteiger partial charge in [0.25, 0.3) is 0 Å². The van der Waals surface area contributed by atoms with E-state index < -0.39 is 23.9 Å². The molecule has 7 N–H and O–H groups in total. The molecular formula is C30H58ClN5O4. The summed E-state index contributed by atoms with van der Waals surface area (Å²) < 4.78 is 0. The molecule has 4 amide bonds. The molecule has 9 nitrogen and oxygen atoms in total. The maximum Gasteiger partial charge on any atom is 0.243 e. The number of hydrogen-bond acceptors (Lipinski definition) is 4. The number of nitrogens with one attached hydrogen (secondary N) is 4. The molecule has 0 aromatic rings. The smallest absolute Gasteiger partial charge is 0.243 e. The summed E-state index contributed by atoms with van der Waals surface area (Å²) in [4.78, 5) is 52.4. The van der Waals surface area contributed by atoms with Gasteiger partial charge in [0.2, 0.25) is 23.6 Å². The number of amides is 4. The molecule has 0 aromatic heterocycles. The number of quaternary nitrogens is 1. The number of carbonyl (C=O) groups is 4. The second-order valence-corrected chi connectivity index (χ2v) is 12.5. The van der Waals surface area contributed by atoms with Crippen LogP contribution in [0.5, 0.6) is 0 Å². The number of hydrogen-bond donors (Lipinski definition) is 5. The highest BCUT2D eigenvalue weighted by molar-refractivity contribution is 5.94. The van der Waals surface area contributed by atoms with Gasteiger partial charge in [0, 0.05) is 6.04 Å². The Kier molecular flexibility index (Phi) is 19.9. The van der Waals surface area contributed by atoms with Gasteiger partial charge in [0.05, 0.1) is 19.0 Å². The van der Waals surface area contributed by atoms with E-state index in [9.17, 15) is 19.2 Å². The van der Waals surface area contributed by atoms with Gasteiger partial charge in [-0.05, 0) is 37.5 Å². The molecule has 1 aliphatic heterocycles. The van der Waals surface area contributed by atoms with Crippen molar-refractivity contribution < 1.29 is 37.3 Å². The highest BCUT2D eigenvalue weighted by atomic mass is 35.5. The molecule has 0 aliphatic carbocycles. The van der Waals surface area contributed by atoms with Crippen molar-refractivity contribution in [3.8, 4) is 0 Å². The van der Waals surface area contributed by atoms with Crippen LogP contribution in [-0.4, -0.2) is 54.8 Å². The van der Waals surface area contributed by atoms with Crippen LogP contribution >= 0.6 is 0 Å². The average Bonchev–Trinajstić information content (AvgIpc) is 2.87.